The zero-order chi connectivity index (χ0) is 27.0. The van der Waals surface area contributed by atoms with E-state index in [4.69, 9.17) is 4.74 Å². The van der Waals surface area contributed by atoms with Gasteiger partial charge in [0.25, 0.3) is 17.5 Å². The molecule has 0 saturated heterocycles. The molecule has 2 aromatic heterocycles. The molecule has 1 aliphatic carbocycles. The van der Waals surface area contributed by atoms with Gasteiger partial charge in [-0.25, -0.2) is 17.9 Å². The molecular formula is C28H27F3N4O3. The van der Waals surface area contributed by atoms with Crippen LogP contribution in [0.3, 0.4) is 0 Å². The smallest absolute Gasteiger partial charge is 0.274 e. The molecule has 4 aromatic rings. The van der Waals surface area contributed by atoms with Gasteiger partial charge in [-0.15, -0.1) is 0 Å². The highest BCUT2D eigenvalue weighted by atomic mass is 19.3. The average molecular weight is 525 g/mol. The Kier molecular flexibility index (Phi) is 6.83. The molecule has 0 radical (unpaired) electrons. The van der Waals surface area contributed by atoms with Crippen LogP contribution in [0.15, 0.2) is 70.4 Å². The van der Waals surface area contributed by atoms with Crippen molar-refractivity contribution in [1.29, 1.82) is 0 Å². The fraction of sp³-hybridized carbons (Fsp3) is 0.321. The molecule has 1 aliphatic rings. The van der Waals surface area contributed by atoms with Crippen LogP contribution in [0.2, 0.25) is 0 Å². The van der Waals surface area contributed by atoms with Crippen LogP contribution in [-0.2, 0) is 23.9 Å². The largest absolute Gasteiger partial charge is 0.374 e. The van der Waals surface area contributed by atoms with Crippen molar-refractivity contribution in [3.63, 3.8) is 0 Å². The maximum atomic E-state index is 14.8. The Hall–Kier alpha value is -3.92. The number of ether oxygens (including phenoxy) is 1. The molecule has 1 atom stereocenters. The number of halogens is 3. The van der Waals surface area contributed by atoms with Crippen LogP contribution in [-0.4, -0.2) is 21.0 Å². The van der Waals surface area contributed by atoms with E-state index in [1.165, 1.54) is 25.2 Å². The normalized spacial score (nSPS) is 15.1. The number of fused-ring (bicyclic) bond motifs is 1. The summed E-state index contributed by atoms with van der Waals surface area (Å²) < 4.78 is 49.9. The van der Waals surface area contributed by atoms with Crippen molar-refractivity contribution in [2.24, 2.45) is 7.05 Å². The molecule has 5 rings (SSSR count). The summed E-state index contributed by atoms with van der Waals surface area (Å²) in [4.78, 5) is 25.9. The third-order valence-corrected chi connectivity index (χ3v) is 7.02. The van der Waals surface area contributed by atoms with Gasteiger partial charge in [0.05, 0.1) is 35.7 Å². The van der Waals surface area contributed by atoms with Gasteiger partial charge in [-0.3, -0.25) is 9.59 Å². The Morgan fingerprint density at radius 1 is 1.05 bits per heavy atom. The van der Waals surface area contributed by atoms with Crippen LogP contribution in [0.5, 0.6) is 0 Å². The van der Waals surface area contributed by atoms with Gasteiger partial charge in [0.2, 0.25) is 0 Å². The lowest BCUT2D eigenvalue weighted by molar-refractivity contribution is 0.0800. The summed E-state index contributed by atoms with van der Waals surface area (Å²) in [6, 6.07) is 14.1. The highest BCUT2D eigenvalue weighted by molar-refractivity contribution is 5.90. The molecule has 0 aliphatic heterocycles. The number of pyridine rings is 1. The molecule has 1 N–H and O–H groups in total. The van der Waals surface area contributed by atoms with Gasteiger partial charge in [-0.2, -0.15) is 5.10 Å². The minimum Gasteiger partial charge on any atom is -0.374 e. The molecule has 7 nitrogen and oxygen atoms in total. The van der Waals surface area contributed by atoms with Crippen molar-refractivity contribution in [3.05, 3.63) is 104 Å². The van der Waals surface area contributed by atoms with Gasteiger partial charge in [0, 0.05) is 30.3 Å². The van der Waals surface area contributed by atoms with Crippen molar-refractivity contribution in [1.82, 2.24) is 14.3 Å². The first kappa shape index (κ1) is 25.7. The number of hydrogen-bond donors (Lipinski definition) is 1. The molecular weight excluding hydrogens is 497 g/mol. The van der Waals surface area contributed by atoms with Crippen molar-refractivity contribution < 1.29 is 17.9 Å². The monoisotopic (exact) mass is 524 g/mol. The van der Waals surface area contributed by atoms with Gasteiger partial charge in [-0.1, -0.05) is 48.5 Å². The third kappa shape index (κ3) is 4.83. The summed E-state index contributed by atoms with van der Waals surface area (Å²) in [7, 11) is 1.45. The second-order valence-corrected chi connectivity index (χ2v) is 9.71. The average Bonchev–Trinajstić information content (AvgIpc) is 3.68. The highest BCUT2D eigenvalue weighted by Gasteiger charge is 2.45. The molecule has 0 amide bonds. The standard InChI is InChI=1S/C28H27F3N4O3/c1-17(19-9-6-10-20(24(19)29)25(30)31)32-26-22-14-35(23(36)13-21(22)27(37)34(2)33-26)28(11-12-28)16-38-15-18-7-4-3-5-8-18/h3-10,13-14,17,25H,11-12,15-16H2,1-2H3,(H,32,33)/t17-/m1/s1. The zero-order valence-electron chi connectivity index (χ0n) is 21.0. The first-order valence-corrected chi connectivity index (χ1v) is 12.3. The topological polar surface area (TPSA) is 78.2 Å². The Bertz CT molecular complexity index is 1600. The number of benzene rings is 2. The number of rotatable bonds is 9. The summed E-state index contributed by atoms with van der Waals surface area (Å²) in [5, 5.41) is 7.89. The summed E-state index contributed by atoms with van der Waals surface area (Å²) in [6.07, 6.45) is 0.102. The number of nitrogens with one attached hydrogen (secondary N) is 1. The van der Waals surface area contributed by atoms with Gasteiger partial charge >= 0.3 is 0 Å². The van der Waals surface area contributed by atoms with E-state index in [-0.39, 0.29) is 22.3 Å². The van der Waals surface area contributed by atoms with E-state index < -0.39 is 34.9 Å². The van der Waals surface area contributed by atoms with Crippen LogP contribution in [0.25, 0.3) is 10.8 Å². The SMILES string of the molecule is C[C@@H](Nc1nn(C)c(=O)c2cc(=O)n(C3(COCc4ccccc4)CC3)cc12)c1cccc(C(F)F)c1F. The fourth-order valence-electron chi connectivity index (χ4n) is 4.69. The van der Waals surface area contributed by atoms with Crippen LogP contribution in [0, 0.1) is 5.82 Å². The number of hydrogen-bond acceptors (Lipinski definition) is 5. The fourth-order valence-corrected chi connectivity index (χ4v) is 4.69. The maximum absolute atomic E-state index is 14.8. The molecule has 198 valence electrons. The van der Waals surface area contributed by atoms with E-state index in [9.17, 15) is 22.8 Å². The Labute approximate surface area is 216 Å². The minimum atomic E-state index is -2.95. The van der Waals surface area contributed by atoms with E-state index in [0.717, 1.165) is 29.2 Å². The lowest BCUT2D eigenvalue weighted by Gasteiger charge is -2.22. The molecule has 10 heteroatoms. The molecule has 1 fully saturated rings. The van der Waals surface area contributed by atoms with E-state index in [0.29, 0.717) is 18.6 Å². The second-order valence-electron chi connectivity index (χ2n) is 9.71. The number of nitrogens with zero attached hydrogens (tertiary/aromatic N) is 3. The van der Waals surface area contributed by atoms with Crippen LogP contribution in [0.1, 0.15) is 48.9 Å². The molecule has 2 aromatic carbocycles. The Morgan fingerprint density at radius 2 is 1.76 bits per heavy atom. The minimum absolute atomic E-state index is 0.0351. The Balaban J connectivity index is 1.49. The third-order valence-electron chi connectivity index (χ3n) is 7.02. The number of aryl methyl sites for hydroxylation is 1. The predicted octanol–water partition coefficient (Wildman–Crippen LogP) is 5.05. The maximum Gasteiger partial charge on any atom is 0.274 e. The number of alkyl halides is 2. The Morgan fingerprint density at radius 3 is 2.45 bits per heavy atom. The van der Waals surface area contributed by atoms with Gasteiger partial charge in [0.15, 0.2) is 5.82 Å². The van der Waals surface area contributed by atoms with Gasteiger partial charge < -0.3 is 14.6 Å². The van der Waals surface area contributed by atoms with Crippen molar-refractivity contribution in [3.8, 4) is 0 Å². The number of aromatic nitrogens is 3. The second kappa shape index (κ2) is 10.1. The quantitative estimate of drug-likeness (QED) is 0.332. The predicted molar refractivity (Wildman–Crippen MR) is 138 cm³/mol. The number of anilines is 1. The van der Waals surface area contributed by atoms with Crippen LogP contribution >= 0.6 is 0 Å². The van der Waals surface area contributed by atoms with E-state index >= 15 is 0 Å². The van der Waals surface area contributed by atoms with Crippen LogP contribution < -0.4 is 16.4 Å². The first-order chi connectivity index (χ1) is 18.2. The van der Waals surface area contributed by atoms with Gasteiger partial charge in [-0.05, 0) is 25.3 Å². The molecule has 0 spiro atoms. The molecule has 0 bridgehead atoms. The lowest BCUT2D eigenvalue weighted by Crippen LogP contribution is -2.34. The molecule has 1 saturated carbocycles. The first-order valence-electron chi connectivity index (χ1n) is 12.3. The molecule has 0 unspecified atom stereocenters. The summed E-state index contributed by atoms with van der Waals surface area (Å²) in [5.41, 5.74) is -0.968. The van der Waals surface area contributed by atoms with E-state index in [2.05, 4.69) is 10.4 Å². The summed E-state index contributed by atoms with van der Waals surface area (Å²) in [6.45, 7) is 2.33. The van der Waals surface area contributed by atoms with Crippen LogP contribution in [0.4, 0.5) is 19.0 Å². The van der Waals surface area contributed by atoms with E-state index in [1.807, 2.05) is 30.3 Å². The highest BCUT2D eigenvalue weighted by Crippen LogP contribution is 2.43. The summed E-state index contributed by atoms with van der Waals surface area (Å²) in [5.74, 6) is -0.771. The summed E-state index contributed by atoms with van der Waals surface area (Å²) >= 11 is 0. The van der Waals surface area contributed by atoms with Crippen molar-refractivity contribution in [2.45, 2.75) is 44.4 Å². The lowest BCUT2D eigenvalue weighted by atomic mass is 10.0. The zero-order valence-corrected chi connectivity index (χ0v) is 21.0. The van der Waals surface area contributed by atoms with Crippen molar-refractivity contribution >= 4 is 16.6 Å². The van der Waals surface area contributed by atoms with E-state index in [1.54, 1.807) is 17.7 Å². The molecule has 2 heterocycles. The molecule has 38 heavy (non-hydrogen) atoms. The van der Waals surface area contributed by atoms with Crippen molar-refractivity contribution in [2.75, 3.05) is 11.9 Å². The van der Waals surface area contributed by atoms with Gasteiger partial charge in [0.1, 0.15) is 5.82 Å².